The Morgan fingerprint density at radius 2 is 1.00 bits per heavy atom. The van der Waals surface area contributed by atoms with E-state index >= 15 is 0 Å². The second kappa shape index (κ2) is 36.8. The highest BCUT2D eigenvalue weighted by Gasteiger charge is 2.25. The van der Waals surface area contributed by atoms with E-state index in [9.17, 15) is 19.5 Å². The first-order valence-corrected chi connectivity index (χ1v) is 21.9. The molecule has 0 aliphatic heterocycles. The summed E-state index contributed by atoms with van der Waals surface area (Å²) in [4.78, 5) is 36.8. The molecule has 0 N–H and O–H groups in total. The van der Waals surface area contributed by atoms with Crippen LogP contribution in [0.5, 0.6) is 0 Å². The third-order valence-corrected chi connectivity index (χ3v) is 9.87. The molecule has 0 aliphatic carbocycles. The van der Waals surface area contributed by atoms with Gasteiger partial charge in [-0.15, -0.1) is 0 Å². The first kappa shape index (κ1) is 50.8. The molecule has 0 aromatic carbocycles. The van der Waals surface area contributed by atoms with Gasteiger partial charge in [-0.2, -0.15) is 0 Å². The van der Waals surface area contributed by atoms with E-state index in [0.717, 1.165) is 51.4 Å². The number of carbonyl (C=O) groups excluding carboxylic acids is 3. The number of rotatable bonds is 39. The smallest absolute Gasteiger partial charge is 0.306 e. The quantitative estimate of drug-likeness (QED) is 0.0267. The number of likely N-dealkylation sites (N-methyl/N-ethyl adjacent to an activating group) is 1. The van der Waals surface area contributed by atoms with Crippen molar-refractivity contribution >= 4 is 17.9 Å². The molecular weight excluding hydrogens is 666 g/mol. The lowest BCUT2D eigenvalue weighted by molar-refractivity contribution is -0.889. The van der Waals surface area contributed by atoms with Gasteiger partial charge in [-0.3, -0.25) is 9.59 Å². The molecule has 8 nitrogen and oxygen atoms in total. The SMILES string of the molecule is CCCC/C=C/C=C/CCCCCC(=O)OCC(COCCC(C(=O)[O-])[N+](C)(C)C)OC(=O)CCCCCCCCCCCCCCCCCCCC. The molecule has 0 fully saturated rings. The maximum atomic E-state index is 12.7. The Morgan fingerprint density at radius 1 is 0.566 bits per heavy atom. The summed E-state index contributed by atoms with van der Waals surface area (Å²) in [6.45, 7) is 4.59. The zero-order chi connectivity index (χ0) is 39.3. The van der Waals surface area contributed by atoms with Crippen LogP contribution in [0.15, 0.2) is 24.3 Å². The Balaban J connectivity index is 4.31. The first-order valence-electron chi connectivity index (χ1n) is 21.9. The Kier molecular flexibility index (Phi) is 35.2. The van der Waals surface area contributed by atoms with Crippen LogP contribution >= 0.6 is 0 Å². The van der Waals surface area contributed by atoms with Crippen molar-refractivity contribution in [3.05, 3.63) is 24.3 Å². The van der Waals surface area contributed by atoms with Crippen molar-refractivity contribution in [1.82, 2.24) is 0 Å². The van der Waals surface area contributed by atoms with E-state index in [1.807, 2.05) is 0 Å². The molecule has 2 unspecified atom stereocenters. The Labute approximate surface area is 326 Å². The lowest BCUT2D eigenvalue weighted by Gasteiger charge is -2.34. The van der Waals surface area contributed by atoms with Crippen molar-refractivity contribution in [3.63, 3.8) is 0 Å². The molecule has 0 rings (SSSR count). The van der Waals surface area contributed by atoms with Gasteiger partial charge in [0.15, 0.2) is 6.10 Å². The molecule has 0 spiro atoms. The topological polar surface area (TPSA) is 102 Å². The minimum atomic E-state index is -1.13. The molecule has 53 heavy (non-hydrogen) atoms. The van der Waals surface area contributed by atoms with Crippen LogP contribution in [-0.4, -0.2) is 75.5 Å². The van der Waals surface area contributed by atoms with Crippen molar-refractivity contribution in [1.29, 1.82) is 0 Å². The average Bonchev–Trinajstić information content (AvgIpc) is 3.11. The maximum absolute atomic E-state index is 12.7. The van der Waals surface area contributed by atoms with Crippen molar-refractivity contribution < 1.29 is 38.2 Å². The number of nitrogens with zero attached hydrogens (tertiary/aromatic N) is 1. The van der Waals surface area contributed by atoms with E-state index in [1.165, 1.54) is 109 Å². The molecule has 0 aliphatic rings. The lowest BCUT2D eigenvalue weighted by atomic mass is 10.0. The molecule has 0 saturated heterocycles. The molecule has 0 saturated carbocycles. The average molecular weight is 750 g/mol. The number of hydrogen-bond acceptors (Lipinski definition) is 7. The van der Waals surface area contributed by atoms with Crippen LogP contribution in [0.1, 0.15) is 194 Å². The number of ether oxygens (including phenoxy) is 3. The number of allylic oxidation sites excluding steroid dienone is 4. The second-order valence-electron chi connectivity index (χ2n) is 16.0. The molecule has 0 bridgehead atoms. The van der Waals surface area contributed by atoms with Gasteiger partial charge < -0.3 is 28.6 Å². The summed E-state index contributed by atoms with van der Waals surface area (Å²) in [5.74, 6) is -1.76. The van der Waals surface area contributed by atoms with Crippen LogP contribution in [-0.2, 0) is 28.6 Å². The number of unbranched alkanes of at least 4 members (excludes halogenated alkanes) is 22. The maximum Gasteiger partial charge on any atom is 0.306 e. The summed E-state index contributed by atoms with van der Waals surface area (Å²) in [5, 5.41) is 11.6. The first-order chi connectivity index (χ1) is 25.6. The van der Waals surface area contributed by atoms with Crippen molar-refractivity contribution in [3.8, 4) is 0 Å². The van der Waals surface area contributed by atoms with Crippen LogP contribution in [0.25, 0.3) is 0 Å². The largest absolute Gasteiger partial charge is 0.544 e. The molecular formula is C45H83NO7. The summed E-state index contributed by atoms with van der Waals surface area (Å²) >= 11 is 0. The molecule has 2 atom stereocenters. The molecule has 0 radical (unpaired) electrons. The van der Waals surface area contributed by atoms with Gasteiger partial charge in [0, 0.05) is 19.3 Å². The highest BCUT2D eigenvalue weighted by molar-refractivity contribution is 5.70. The monoisotopic (exact) mass is 750 g/mol. The zero-order valence-electron chi connectivity index (χ0n) is 35.2. The Bertz CT molecular complexity index is 926. The van der Waals surface area contributed by atoms with Crippen LogP contribution in [0.3, 0.4) is 0 Å². The Hall–Kier alpha value is -2.19. The van der Waals surface area contributed by atoms with Gasteiger partial charge in [-0.25, -0.2) is 0 Å². The second-order valence-corrected chi connectivity index (χ2v) is 16.0. The van der Waals surface area contributed by atoms with E-state index in [1.54, 1.807) is 21.1 Å². The fourth-order valence-electron chi connectivity index (χ4n) is 6.40. The van der Waals surface area contributed by atoms with Crippen LogP contribution in [0.2, 0.25) is 0 Å². The zero-order valence-corrected chi connectivity index (χ0v) is 35.2. The third-order valence-electron chi connectivity index (χ3n) is 9.87. The van der Waals surface area contributed by atoms with Crippen molar-refractivity contribution in [2.75, 3.05) is 41.0 Å². The van der Waals surface area contributed by atoms with Crippen LogP contribution in [0.4, 0.5) is 0 Å². The molecule has 0 aromatic heterocycles. The fraction of sp³-hybridized carbons (Fsp3) is 0.844. The van der Waals surface area contributed by atoms with Gasteiger partial charge in [-0.1, -0.05) is 167 Å². The van der Waals surface area contributed by atoms with Gasteiger partial charge in [0.2, 0.25) is 0 Å². The third kappa shape index (κ3) is 35.3. The van der Waals surface area contributed by atoms with E-state index in [4.69, 9.17) is 14.2 Å². The van der Waals surface area contributed by atoms with Gasteiger partial charge in [0.1, 0.15) is 12.6 Å². The van der Waals surface area contributed by atoms with Gasteiger partial charge in [0.25, 0.3) is 0 Å². The van der Waals surface area contributed by atoms with Crippen molar-refractivity contribution in [2.45, 2.75) is 206 Å². The normalized spacial score (nSPS) is 13.2. The summed E-state index contributed by atoms with van der Waals surface area (Å²) < 4.78 is 17.1. The predicted octanol–water partition coefficient (Wildman–Crippen LogP) is 10.4. The molecule has 310 valence electrons. The summed E-state index contributed by atoms with van der Waals surface area (Å²) in [7, 11) is 5.40. The highest BCUT2D eigenvalue weighted by atomic mass is 16.6. The lowest BCUT2D eigenvalue weighted by Crippen LogP contribution is -2.55. The molecule has 0 aromatic rings. The summed E-state index contributed by atoms with van der Waals surface area (Å²) in [5.41, 5.74) is 0. The molecule has 0 amide bonds. The number of aliphatic carboxylic acids is 1. The standard InChI is InChI=1S/C45H83NO7/c1-6-8-10-12-14-16-18-19-20-21-22-23-24-26-28-30-32-34-36-44(48)53-41(39-51-38-37-42(45(49)50)46(3,4)5)40-52-43(47)35-33-31-29-27-25-17-15-13-11-9-7-2/h13,15,17,25,41-42H,6-12,14,16,18-24,26-40H2,1-5H3/b15-13+,25-17+. The van der Waals surface area contributed by atoms with E-state index in [0.29, 0.717) is 12.8 Å². The number of esters is 2. The number of carboxylic acids is 1. The fourth-order valence-corrected chi connectivity index (χ4v) is 6.40. The molecule has 8 heteroatoms. The highest BCUT2D eigenvalue weighted by Crippen LogP contribution is 2.15. The number of carbonyl (C=O) groups is 3. The van der Waals surface area contributed by atoms with Crippen LogP contribution < -0.4 is 5.11 Å². The van der Waals surface area contributed by atoms with E-state index in [-0.39, 0.29) is 42.7 Å². The van der Waals surface area contributed by atoms with Gasteiger partial charge in [0.05, 0.1) is 40.3 Å². The van der Waals surface area contributed by atoms with E-state index in [2.05, 4.69) is 38.2 Å². The number of quaternary nitrogens is 1. The van der Waals surface area contributed by atoms with Gasteiger partial charge in [-0.05, 0) is 32.1 Å². The number of hydrogen-bond donors (Lipinski definition) is 0. The summed E-state index contributed by atoms with van der Waals surface area (Å²) in [6.07, 6.45) is 39.2. The predicted molar refractivity (Wildman–Crippen MR) is 217 cm³/mol. The van der Waals surface area contributed by atoms with Crippen LogP contribution in [0, 0.1) is 0 Å². The van der Waals surface area contributed by atoms with Crippen molar-refractivity contribution in [2.24, 2.45) is 0 Å². The Morgan fingerprint density at radius 3 is 1.47 bits per heavy atom. The summed E-state index contributed by atoms with van der Waals surface area (Å²) in [6, 6.07) is -0.726. The van der Waals surface area contributed by atoms with Gasteiger partial charge >= 0.3 is 11.9 Å². The number of carboxylic acid groups (broad SMARTS) is 1. The van der Waals surface area contributed by atoms with E-state index < -0.39 is 18.1 Å². The molecule has 0 heterocycles. The minimum absolute atomic E-state index is 0.0360. The minimum Gasteiger partial charge on any atom is -0.544 e.